The van der Waals surface area contributed by atoms with Gasteiger partial charge in [0.2, 0.25) is 0 Å². The molecule has 0 radical (unpaired) electrons. The van der Waals surface area contributed by atoms with Crippen LogP contribution in [0.2, 0.25) is 0 Å². The highest BCUT2D eigenvalue weighted by molar-refractivity contribution is 5.77. The normalized spacial score (nSPS) is 16.5. The smallest absolute Gasteiger partial charge is 0.298 e. The van der Waals surface area contributed by atoms with E-state index in [-0.39, 0.29) is 5.69 Å². The molecule has 0 atom stereocenters. The van der Waals surface area contributed by atoms with Crippen LogP contribution in [0.5, 0.6) is 0 Å². The molecule has 21 heavy (non-hydrogen) atoms. The summed E-state index contributed by atoms with van der Waals surface area (Å²) in [5, 5.41) is 10.8. The first-order valence-electron chi connectivity index (χ1n) is 7.17. The average molecular weight is 290 g/mol. The lowest BCUT2D eigenvalue weighted by molar-refractivity contribution is -0.384. The van der Waals surface area contributed by atoms with Crippen molar-refractivity contribution >= 4 is 22.8 Å². The number of hydrogen-bond acceptors (Lipinski definition) is 6. The summed E-state index contributed by atoms with van der Waals surface area (Å²) in [6, 6.07) is 5.05. The highest BCUT2D eigenvalue weighted by Crippen LogP contribution is 2.29. The number of anilines is 1. The molecule has 112 valence electrons. The van der Waals surface area contributed by atoms with Gasteiger partial charge in [0.25, 0.3) is 11.7 Å². The van der Waals surface area contributed by atoms with E-state index < -0.39 is 4.92 Å². The molecule has 0 spiro atoms. The lowest BCUT2D eigenvalue weighted by atomic mass is 9.94. The Bertz CT molecular complexity index is 647. The quantitative estimate of drug-likeness (QED) is 0.685. The summed E-state index contributed by atoms with van der Waals surface area (Å²) < 4.78 is 5.68. The molecule has 1 fully saturated rings. The van der Waals surface area contributed by atoms with Crippen LogP contribution in [0.15, 0.2) is 22.6 Å². The van der Waals surface area contributed by atoms with Gasteiger partial charge in [-0.05, 0) is 37.8 Å². The van der Waals surface area contributed by atoms with Gasteiger partial charge in [-0.15, -0.1) is 0 Å². The van der Waals surface area contributed by atoms with Crippen molar-refractivity contribution in [2.45, 2.75) is 19.3 Å². The fraction of sp³-hybridized carbons (Fsp3) is 0.500. The molecular weight excluding hydrogens is 272 g/mol. The zero-order valence-corrected chi connectivity index (χ0v) is 11.7. The second kappa shape index (κ2) is 5.69. The van der Waals surface area contributed by atoms with E-state index in [2.05, 4.69) is 9.88 Å². The maximum absolute atomic E-state index is 10.8. The zero-order chi connectivity index (χ0) is 14.8. The summed E-state index contributed by atoms with van der Waals surface area (Å²) in [6.07, 6.45) is 3.22. The Morgan fingerprint density at radius 3 is 2.86 bits per heavy atom. The van der Waals surface area contributed by atoms with Crippen LogP contribution in [0.1, 0.15) is 19.3 Å². The van der Waals surface area contributed by atoms with Crippen molar-refractivity contribution in [2.75, 3.05) is 24.5 Å². The third-order valence-corrected chi connectivity index (χ3v) is 4.03. The number of fused-ring (bicyclic) bond motifs is 1. The van der Waals surface area contributed by atoms with Crippen molar-refractivity contribution in [1.82, 2.24) is 4.98 Å². The number of piperidine rings is 1. The van der Waals surface area contributed by atoms with Crippen molar-refractivity contribution < 1.29 is 9.34 Å². The highest BCUT2D eigenvalue weighted by atomic mass is 16.6. The molecule has 1 aliphatic rings. The molecule has 0 amide bonds. The van der Waals surface area contributed by atoms with Crippen LogP contribution >= 0.6 is 0 Å². The maximum Gasteiger partial charge on any atom is 0.298 e. The monoisotopic (exact) mass is 290 g/mol. The van der Waals surface area contributed by atoms with Crippen LogP contribution in [0, 0.1) is 16.0 Å². The van der Waals surface area contributed by atoms with E-state index >= 15 is 0 Å². The van der Waals surface area contributed by atoms with Crippen LogP contribution in [0.3, 0.4) is 0 Å². The Morgan fingerprint density at radius 1 is 1.43 bits per heavy atom. The molecule has 2 aromatic rings. The lowest BCUT2D eigenvalue weighted by Gasteiger charge is -2.30. The van der Waals surface area contributed by atoms with Gasteiger partial charge in [-0.1, -0.05) is 0 Å². The molecule has 0 unspecified atom stereocenters. The first kappa shape index (κ1) is 13.8. The summed E-state index contributed by atoms with van der Waals surface area (Å²) in [5.74, 6) is 0.678. The Morgan fingerprint density at radius 2 is 2.19 bits per heavy atom. The first-order chi connectivity index (χ1) is 10.2. The number of nitro benzene ring substituents is 1. The summed E-state index contributed by atoms with van der Waals surface area (Å²) in [5.41, 5.74) is 6.73. The number of hydrogen-bond donors (Lipinski definition) is 1. The second-order valence-electron chi connectivity index (χ2n) is 5.41. The first-order valence-corrected chi connectivity index (χ1v) is 7.17. The number of nitrogens with two attached hydrogens (primary N) is 1. The Labute approximate surface area is 121 Å². The molecule has 3 rings (SSSR count). The fourth-order valence-corrected chi connectivity index (χ4v) is 2.80. The molecule has 1 aliphatic heterocycles. The zero-order valence-electron chi connectivity index (χ0n) is 11.7. The molecule has 0 aliphatic carbocycles. The molecule has 7 nitrogen and oxygen atoms in total. The van der Waals surface area contributed by atoms with E-state index in [0.717, 1.165) is 38.9 Å². The predicted molar refractivity (Wildman–Crippen MR) is 79.3 cm³/mol. The Hall–Kier alpha value is -2.15. The second-order valence-corrected chi connectivity index (χ2v) is 5.41. The van der Waals surface area contributed by atoms with Gasteiger partial charge in [0, 0.05) is 19.2 Å². The van der Waals surface area contributed by atoms with Gasteiger partial charge < -0.3 is 15.1 Å². The summed E-state index contributed by atoms with van der Waals surface area (Å²) in [4.78, 5) is 16.9. The fourth-order valence-electron chi connectivity index (χ4n) is 2.80. The summed E-state index contributed by atoms with van der Waals surface area (Å²) in [6.45, 7) is 2.51. The molecule has 7 heteroatoms. The van der Waals surface area contributed by atoms with E-state index in [1.54, 1.807) is 6.07 Å². The molecule has 1 aromatic heterocycles. The molecular formula is C14H18N4O3. The van der Waals surface area contributed by atoms with Crippen LogP contribution < -0.4 is 10.6 Å². The van der Waals surface area contributed by atoms with E-state index in [4.69, 9.17) is 10.2 Å². The topological polar surface area (TPSA) is 98.4 Å². The predicted octanol–water partition coefficient (Wildman–Crippen LogP) is 2.30. The third kappa shape index (κ3) is 2.82. The van der Waals surface area contributed by atoms with Crippen LogP contribution in [-0.2, 0) is 0 Å². The van der Waals surface area contributed by atoms with Gasteiger partial charge >= 0.3 is 0 Å². The molecule has 2 N–H and O–H groups in total. The maximum atomic E-state index is 10.8. The van der Waals surface area contributed by atoms with E-state index in [1.165, 1.54) is 12.1 Å². The number of aromatic nitrogens is 1. The van der Waals surface area contributed by atoms with Crippen molar-refractivity contribution in [3.63, 3.8) is 0 Å². The number of nitrogens with zero attached hydrogens (tertiary/aromatic N) is 3. The summed E-state index contributed by atoms with van der Waals surface area (Å²) >= 11 is 0. The molecule has 1 aromatic carbocycles. The molecule has 1 saturated heterocycles. The lowest BCUT2D eigenvalue weighted by Crippen LogP contribution is -2.34. The van der Waals surface area contributed by atoms with E-state index in [0.29, 0.717) is 23.0 Å². The Kier molecular flexibility index (Phi) is 3.74. The number of rotatable bonds is 4. The number of nitro groups is 1. The number of benzene rings is 1. The van der Waals surface area contributed by atoms with Crippen LogP contribution in [0.25, 0.3) is 11.1 Å². The van der Waals surface area contributed by atoms with E-state index in [9.17, 15) is 10.1 Å². The minimum atomic E-state index is -0.431. The van der Waals surface area contributed by atoms with Gasteiger partial charge in [0.1, 0.15) is 5.52 Å². The third-order valence-electron chi connectivity index (χ3n) is 4.03. The molecule has 0 saturated carbocycles. The number of oxazole rings is 1. The average Bonchev–Trinajstić information content (AvgIpc) is 2.91. The van der Waals surface area contributed by atoms with Gasteiger partial charge in [-0.2, -0.15) is 4.98 Å². The molecule has 2 heterocycles. The molecule has 0 bridgehead atoms. The summed E-state index contributed by atoms with van der Waals surface area (Å²) in [7, 11) is 0. The van der Waals surface area contributed by atoms with Crippen LogP contribution in [0.4, 0.5) is 11.7 Å². The van der Waals surface area contributed by atoms with Gasteiger partial charge in [-0.3, -0.25) is 10.1 Å². The van der Waals surface area contributed by atoms with Crippen molar-refractivity contribution in [3.05, 3.63) is 28.3 Å². The van der Waals surface area contributed by atoms with E-state index in [1.807, 2.05) is 0 Å². The van der Waals surface area contributed by atoms with Crippen LogP contribution in [-0.4, -0.2) is 29.5 Å². The largest absolute Gasteiger partial charge is 0.423 e. The van der Waals surface area contributed by atoms with Gasteiger partial charge in [0.15, 0.2) is 5.58 Å². The minimum Gasteiger partial charge on any atom is -0.423 e. The standard InChI is InChI=1S/C14H18N4O3/c15-6-3-10-4-7-17(8-5-10)14-16-12-2-1-11(18(19)20)9-13(12)21-14/h1-2,9-10H,3-8,15H2. The van der Waals surface area contributed by atoms with Crippen molar-refractivity contribution in [2.24, 2.45) is 11.7 Å². The Balaban J connectivity index is 1.77. The van der Waals surface area contributed by atoms with Gasteiger partial charge in [0.05, 0.1) is 11.0 Å². The van der Waals surface area contributed by atoms with Crippen molar-refractivity contribution in [3.8, 4) is 0 Å². The SMILES string of the molecule is NCCC1CCN(c2nc3ccc([N+](=O)[O-])cc3o2)CC1. The highest BCUT2D eigenvalue weighted by Gasteiger charge is 2.22. The minimum absolute atomic E-state index is 0.0202. The number of non-ortho nitro benzene ring substituents is 1. The van der Waals surface area contributed by atoms with Gasteiger partial charge in [-0.25, -0.2) is 0 Å². The van der Waals surface area contributed by atoms with Crippen molar-refractivity contribution in [1.29, 1.82) is 0 Å².